The summed E-state index contributed by atoms with van der Waals surface area (Å²) >= 11 is 1.74. The van der Waals surface area contributed by atoms with Crippen LogP contribution in [0.4, 0.5) is 0 Å². The van der Waals surface area contributed by atoms with E-state index in [-0.39, 0.29) is 11.3 Å². The van der Waals surface area contributed by atoms with E-state index in [0.29, 0.717) is 13.0 Å². The van der Waals surface area contributed by atoms with Gasteiger partial charge in [-0.2, -0.15) is 0 Å². The van der Waals surface area contributed by atoms with Gasteiger partial charge in [0.1, 0.15) is 0 Å². The van der Waals surface area contributed by atoms with E-state index in [1.54, 1.807) is 16.2 Å². The first kappa shape index (κ1) is 14.2. The van der Waals surface area contributed by atoms with E-state index in [2.05, 4.69) is 11.4 Å². The fourth-order valence-corrected chi connectivity index (χ4v) is 2.17. The molecule has 0 atom stereocenters. The van der Waals surface area contributed by atoms with Crippen molar-refractivity contribution in [3.05, 3.63) is 22.4 Å². The van der Waals surface area contributed by atoms with Gasteiger partial charge in [-0.15, -0.1) is 11.3 Å². The third-order valence-corrected chi connectivity index (χ3v) is 3.82. The molecule has 1 amide bonds. The van der Waals surface area contributed by atoms with Gasteiger partial charge in [-0.3, -0.25) is 4.79 Å². The standard InChI is InChI=1S/C13H22N2OS/c1-13(2,10-14)9-12(16)15(3)7-6-11-5-4-8-17-11/h4-5,8H,6-7,9-10,14H2,1-3H3. The van der Waals surface area contributed by atoms with Crippen molar-refractivity contribution >= 4 is 17.2 Å². The van der Waals surface area contributed by atoms with E-state index in [1.807, 2.05) is 27.0 Å². The minimum Gasteiger partial charge on any atom is -0.345 e. The summed E-state index contributed by atoms with van der Waals surface area (Å²) < 4.78 is 0. The molecule has 0 bridgehead atoms. The second kappa shape index (κ2) is 6.17. The number of hydrogen-bond acceptors (Lipinski definition) is 3. The normalized spacial score (nSPS) is 11.5. The second-order valence-electron chi connectivity index (χ2n) is 5.19. The largest absolute Gasteiger partial charge is 0.345 e. The zero-order valence-corrected chi connectivity index (χ0v) is 11.7. The van der Waals surface area contributed by atoms with Crippen LogP contribution < -0.4 is 5.73 Å². The van der Waals surface area contributed by atoms with Gasteiger partial charge in [-0.05, 0) is 29.8 Å². The molecule has 0 aliphatic heterocycles. The van der Waals surface area contributed by atoms with Crippen molar-refractivity contribution in [2.75, 3.05) is 20.1 Å². The average molecular weight is 254 g/mol. The molecule has 96 valence electrons. The van der Waals surface area contributed by atoms with Gasteiger partial charge in [0.25, 0.3) is 0 Å². The summed E-state index contributed by atoms with van der Waals surface area (Å²) in [5.41, 5.74) is 5.53. The Morgan fingerprint density at radius 3 is 2.76 bits per heavy atom. The van der Waals surface area contributed by atoms with Gasteiger partial charge in [0.15, 0.2) is 0 Å². The quantitative estimate of drug-likeness (QED) is 0.845. The molecule has 1 rings (SSSR count). The SMILES string of the molecule is CN(CCc1cccs1)C(=O)CC(C)(C)CN. The molecule has 4 heteroatoms. The number of nitrogens with two attached hydrogens (primary N) is 1. The third kappa shape index (κ3) is 4.88. The number of thiophene rings is 1. The Morgan fingerprint density at radius 1 is 1.53 bits per heavy atom. The molecule has 0 fully saturated rings. The Kier molecular flexibility index (Phi) is 5.15. The maximum absolute atomic E-state index is 12.0. The van der Waals surface area contributed by atoms with Crippen LogP contribution in [-0.4, -0.2) is 30.9 Å². The molecule has 0 radical (unpaired) electrons. The fraction of sp³-hybridized carbons (Fsp3) is 0.615. The Bertz CT molecular complexity index is 346. The fourth-order valence-electron chi connectivity index (χ4n) is 1.47. The summed E-state index contributed by atoms with van der Waals surface area (Å²) in [4.78, 5) is 15.1. The lowest BCUT2D eigenvalue weighted by molar-refractivity contribution is -0.131. The average Bonchev–Trinajstić information content (AvgIpc) is 2.78. The van der Waals surface area contributed by atoms with E-state index >= 15 is 0 Å². The first-order valence-corrected chi connectivity index (χ1v) is 6.79. The summed E-state index contributed by atoms with van der Waals surface area (Å²) in [7, 11) is 1.86. The smallest absolute Gasteiger partial charge is 0.222 e. The second-order valence-corrected chi connectivity index (χ2v) is 6.22. The monoisotopic (exact) mass is 254 g/mol. The minimum absolute atomic E-state index is 0.103. The number of likely N-dealkylation sites (N-methyl/N-ethyl adjacent to an activating group) is 1. The van der Waals surface area contributed by atoms with Crippen LogP contribution in [0.25, 0.3) is 0 Å². The lowest BCUT2D eigenvalue weighted by atomic mass is 9.89. The van der Waals surface area contributed by atoms with Crippen molar-refractivity contribution in [3.8, 4) is 0 Å². The predicted octanol–water partition coefficient (Wildman–Crippen LogP) is 2.12. The summed E-state index contributed by atoms with van der Waals surface area (Å²) in [6.45, 7) is 5.37. The molecule has 3 nitrogen and oxygen atoms in total. The topological polar surface area (TPSA) is 46.3 Å². The summed E-state index contributed by atoms with van der Waals surface area (Å²) in [6, 6.07) is 4.14. The maximum Gasteiger partial charge on any atom is 0.222 e. The number of amides is 1. The highest BCUT2D eigenvalue weighted by molar-refractivity contribution is 7.09. The molecule has 0 aliphatic carbocycles. The first-order valence-electron chi connectivity index (χ1n) is 5.91. The lowest BCUT2D eigenvalue weighted by Gasteiger charge is -2.25. The maximum atomic E-state index is 12.0. The Balaban J connectivity index is 2.37. The van der Waals surface area contributed by atoms with Crippen LogP contribution in [0.15, 0.2) is 17.5 Å². The van der Waals surface area contributed by atoms with Crippen molar-refractivity contribution < 1.29 is 4.79 Å². The van der Waals surface area contributed by atoms with Crippen molar-refractivity contribution in [1.82, 2.24) is 4.90 Å². The van der Waals surface area contributed by atoms with Crippen LogP contribution in [0, 0.1) is 5.41 Å². The van der Waals surface area contributed by atoms with Crippen LogP contribution in [0.3, 0.4) is 0 Å². The van der Waals surface area contributed by atoms with Gasteiger partial charge in [-0.25, -0.2) is 0 Å². The van der Waals surface area contributed by atoms with Gasteiger partial charge >= 0.3 is 0 Å². The third-order valence-electron chi connectivity index (χ3n) is 2.88. The number of nitrogens with zero attached hydrogens (tertiary/aromatic N) is 1. The zero-order chi connectivity index (χ0) is 12.9. The zero-order valence-electron chi connectivity index (χ0n) is 10.9. The van der Waals surface area contributed by atoms with Gasteiger partial charge in [0, 0.05) is 24.9 Å². The van der Waals surface area contributed by atoms with Crippen LogP contribution >= 0.6 is 11.3 Å². The molecule has 0 unspecified atom stereocenters. The molecular formula is C13H22N2OS. The minimum atomic E-state index is -0.103. The number of hydrogen-bond donors (Lipinski definition) is 1. The van der Waals surface area contributed by atoms with Crippen molar-refractivity contribution in [1.29, 1.82) is 0 Å². The van der Waals surface area contributed by atoms with Crippen LogP contribution in [-0.2, 0) is 11.2 Å². The van der Waals surface area contributed by atoms with Crippen LogP contribution in [0.2, 0.25) is 0 Å². The molecule has 1 heterocycles. The summed E-state index contributed by atoms with van der Waals surface area (Å²) in [6.07, 6.45) is 1.45. The molecular weight excluding hydrogens is 232 g/mol. The van der Waals surface area contributed by atoms with E-state index in [9.17, 15) is 4.79 Å². The molecule has 1 aromatic rings. The molecule has 0 saturated heterocycles. The van der Waals surface area contributed by atoms with E-state index in [1.165, 1.54) is 4.88 Å². The Hall–Kier alpha value is -0.870. The molecule has 1 aromatic heterocycles. The molecule has 0 aliphatic rings. The van der Waals surface area contributed by atoms with E-state index < -0.39 is 0 Å². The summed E-state index contributed by atoms with van der Waals surface area (Å²) in [5.74, 6) is 0.178. The van der Waals surface area contributed by atoms with Crippen molar-refractivity contribution in [2.45, 2.75) is 26.7 Å². The van der Waals surface area contributed by atoms with Crippen molar-refractivity contribution in [2.24, 2.45) is 11.1 Å². The molecule has 17 heavy (non-hydrogen) atoms. The summed E-state index contributed by atoms with van der Waals surface area (Å²) in [5, 5.41) is 2.06. The lowest BCUT2D eigenvalue weighted by Crippen LogP contribution is -2.35. The van der Waals surface area contributed by atoms with Gasteiger partial charge < -0.3 is 10.6 Å². The first-order chi connectivity index (χ1) is 7.94. The number of rotatable bonds is 6. The predicted molar refractivity (Wildman–Crippen MR) is 73.1 cm³/mol. The number of carbonyl (C=O) groups excluding carboxylic acids is 1. The Morgan fingerprint density at radius 2 is 2.24 bits per heavy atom. The van der Waals surface area contributed by atoms with Gasteiger partial charge in [0.2, 0.25) is 5.91 Å². The van der Waals surface area contributed by atoms with E-state index in [4.69, 9.17) is 5.73 Å². The molecule has 0 saturated carbocycles. The van der Waals surface area contributed by atoms with Crippen LogP contribution in [0.1, 0.15) is 25.1 Å². The number of carbonyl (C=O) groups is 1. The molecule has 0 spiro atoms. The van der Waals surface area contributed by atoms with Gasteiger partial charge in [0.05, 0.1) is 0 Å². The molecule has 0 aromatic carbocycles. The van der Waals surface area contributed by atoms with Gasteiger partial charge in [-0.1, -0.05) is 19.9 Å². The highest BCUT2D eigenvalue weighted by Gasteiger charge is 2.22. The highest BCUT2D eigenvalue weighted by atomic mass is 32.1. The van der Waals surface area contributed by atoms with Crippen LogP contribution in [0.5, 0.6) is 0 Å². The Labute approximate surface area is 108 Å². The van der Waals surface area contributed by atoms with Crippen molar-refractivity contribution in [3.63, 3.8) is 0 Å². The highest BCUT2D eigenvalue weighted by Crippen LogP contribution is 2.19. The molecule has 2 N–H and O–H groups in total. The van der Waals surface area contributed by atoms with E-state index in [0.717, 1.165) is 13.0 Å².